The number of allylic oxidation sites excluding steroid dienone is 1. The molecule has 1 saturated heterocycles. The monoisotopic (exact) mass is 164 g/mol. The number of rotatable bonds is 2. The average Bonchev–Trinajstić information content (AvgIpc) is 2.45. The summed E-state index contributed by atoms with van der Waals surface area (Å²) in [5.74, 6) is 2.74. The van der Waals surface area contributed by atoms with Crippen LogP contribution < -0.4 is 0 Å². The lowest BCUT2D eigenvalue weighted by molar-refractivity contribution is -0.0472. The lowest BCUT2D eigenvalue weighted by atomic mass is 9.42. The minimum atomic E-state index is 0.542. The predicted molar refractivity (Wildman–Crippen MR) is 47.8 cm³/mol. The molecule has 4 atom stereocenters. The summed E-state index contributed by atoms with van der Waals surface area (Å²) in [6.07, 6.45) is 7.55. The van der Waals surface area contributed by atoms with Gasteiger partial charge in [-0.2, -0.15) is 0 Å². The molecule has 66 valence electrons. The Morgan fingerprint density at radius 1 is 1.58 bits per heavy atom. The quantitative estimate of drug-likeness (QED) is 0.569. The normalized spacial score (nSPS) is 53.9. The van der Waals surface area contributed by atoms with Gasteiger partial charge in [0.05, 0.1) is 13.2 Å². The highest BCUT2D eigenvalue weighted by Crippen LogP contribution is 2.66. The molecule has 1 heterocycles. The van der Waals surface area contributed by atoms with Crippen LogP contribution in [0.25, 0.3) is 0 Å². The second-order valence-electron chi connectivity index (χ2n) is 4.57. The number of hydrogen-bond acceptors (Lipinski definition) is 1. The zero-order chi connectivity index (χ0) is 8.18. The summed E-state index contributed by atoms with van der Waals surface area (Å²) >= 11 is 0. The molecular weight excluding hydrogens is 148 g/mol. The van der Waals surface area contributed by atoms with E-state index in [0.717, 1.165) is 31.0 Å². The Morgan fingerprint density at radius 2 is 2.50 bits per heavy atom. The molecule has 1 nitrogen and oxygen atoms in total. The van der Waals surface area contributed by atoms with Gasteiger partial charge < -0.3 is 4.74 Å². The molecule has 2 aliphatic carbocycles. The van der Waals surface area contributed by atoms with Crippen LogP contribution in [0.5, 0.6) is 0 Å². The maximum Gasteiger partial charge on any atom is 0.0566 e. The second-order valence-corrected chi connectivity index (χ2v) is 4.57. The molecule has 0 bridgehead atoms. The van der Waals surface area contributed by atoms with Gasteiger partial charge in [0.15, 0.2) is 0 Å². The lowest BCUT2D eigenvalue weighted by Crippen LogP contribution is -2.58. The Kier molecular flexibility index (Phi) is 1.27. The van der Waals surface area contributed by atoms with Gasteiger partial charge >= 0.3 is 0 Å². The molecule has 1 heteroatoms. The first-order valence-electron chi connectivity index (χ1n) is 5.15. The fourth-order valence-corrected chi connectivity index (χ4v) is 3.50. The van der Waals surface area contributed by atoms with Crippen molar-refractivity contribution < 1.29 is 4.74 Å². The standard InChI is InChI=1S/C11H16O/c1-2-3-8-9-4-5-11(9)7-12-6-10(8)11/h4-5,8-10H,2-3,6-7H2,1H3/t8-,9-,10-,11?/m1/s1. The van der Waals surface area contributed by atoms with E-state index in [-0.39, 0.29) is 0 Å². The molecule has 1 saturated carbocycles. The Balaban J connectivity index is 1.82. The smallest absolute Gasteiger partial charge is 0.0566 e. The Hall–Kier alpha value is -0.300. The highest BCUT2D eigenvalue weighted by atomic mass is 16.5. The molecule has 1 unspecified atom stereocenters. The molecule has 0 amide bonds. The highest BCUT2D eigenvalue weighted by Gasteiger charge is 2.65. The Labute approximate surface area is 73.8 Å². The van der Waals surface area contributed by atoms with Crippen molar-refractivity contribution in [2.24, 2.45) is 23.2 Å². The average molecular weight is 164 g/mol. The van der Waals surface area contributed by atoms with Gasteiger partial charge in [-0.05, 0) is 24.2 Å². The van der Waals surface area contributed by atoms with E-state index in [1.165, 1.54) is 12.8 Å². The van der Waals surface area contributed by atoms with E-state index in [9.17, 15) is 0 Å². The molecule has 3 aliphatic rings. The fourth-order valence-electron chi connectivity index (χ4n) is 3.50. The van der Waals surface area contributed by atoms with Crippen molar-refractivity contribution in [2.45, 2.75) is 19.8 Å². The molecule has 1 aliphatic heterocycles. The molecular formula is C11H16O. The van der Waals surface area contributed by atoms with E-state index in [0.29, 0.717) is 5.41 Å². The van der Waals surface area contributed by atoms with Crippen LogP contribution >= 0.6 is 0 Å². The maximum atomic E-state index is 5.58. The van der Waals surface area contributed by atoms with Crippen LogP contribution in [0.3, 0.4) is 0 Å². The van der Waals surface area contributed by atoms with Crippen LogP contribution in [0.4, 0.5) is 0 Å². The third-order valence-electron chi connectivity index (χ3n) is 4.17. The Bertz CT molecular complexity index is 233. The van der Waals surface area contributed by atoms with E-state index >= 15 is 0 Å². The van der Waals surface area contributed by atoms with Crippen molar-refractivity contribution in [3.05, 3.63) is 12.2 Å². The number of hydrogen-bond donors (Lipinski definition) is 0. The van der Waals surface area contributed by atoms with Crippen LogP contribution in [-0.4, -0.2) is 13.2 Å². The van der Waals surface area contributed by atoms with Crippen molar-refractivity contribution in [3.8, 4) is 0 Å². The van der Waals surface area contributed by atoms with Gasteiger partial charge in [-0.25, -0.2) is 0 Å². The zero-order valence-electron chi connectivity index (χ0n) is 7.62. The summed E-state index contributed by atoms with van der Waals surface area (Å²) in [6, 6.07) is 0. The first-order chi connectivity index (χ1) is 5.88. The zero-order valence-corrected chi connectivity index (χ0v) is 7.62. The van der Waals surface area contributed by atoms with Crippen molar-refractivity contribution in [1.29, 1.82) is 0 Å². The molecule has 1 spiro atoms. The summed E-state index contributed by atoms with van der Waals surface area (Å²) in [6.45, 7) is 4.34. The van der Waals surface area contributed by atoms with Gasteiger partial charge in [0.25, 0.3) is 0 Å². The van der Waals surface area contributed by atoms with Crippen molar-refractivity contribution in [1.82, 2.24) is 0 Å². The highest BCUT2D eigenvalue weighted by molar-refractivity contribution is 5.31. The van der Waals surface area contributed by atoms with E-state index in [4.69, 9.17) is 4.74 Å². The van der Waals surface area contributed by atoms with E-state index in [1.807, 2.05) is 0 Å². The van der Waals surface area contributed by atoms with Crippen molar-refractivity contribution in [2.75, 3.05) is 13.2 Å². The third-order valence-corrected chi connectivity index (χ3v) is 4.17. The summed E-state index contributed by atoms with van der Waals surface area (Å²) in [7, 11) is 0. The molecule has 3 rings (SSSR count). The minimum Gasteiger partial charge on any atom is -0.380 e. The van der Waals surface area contributed by atoms with Crippen LogP contribution in [0, 0.1) is 23.2 Å². The first-order valence-corrected chi connectivity index (χ1v) is 5.15. The van der Waals surface area contributed by atoms with Crippen LogP contribution in [0.1, 0.15) is 19.8 Å². The molecule has 0 aromatic rings. The summed E-state index contributed by atoms with van der Waals surface area (Å²) < 4.78 is 5.58. The van der Waals surface area contributed by atoms with Crippen LogP contribution in [0.15, 0.2) is 12.2 Å². The molecule has 0 aromatic heterocycles. The molecule has 0 radical (unpaired) electrons. The third kappa shape index (κ3) is 0.576. The lowest BCUT2D eigenvalue weighted by Gasteiger charge is -2.60. The van der Waals surface area contributed by atoms with E-state index < -0.39 is 0 Å². The summed E-state index contributed by atoms with van der Waals surface area (Å²) in [5.41, 5.74) is 0.542. The minimum absolute atomic E-state index is 0.542. The van der Waals surface area contributed by atoms with Crippen molar-refractivity contribution in [3.63, 3.8) is 0 Å². The van der Waals surface area contributed by atoms with Gasteiger partial charge in [-0.15, -0.1) is 0 Å². The molecule has 12 heavy (non-hydrogen) atoms. The van der Waals surface area contributed by atoms with Crippen molar-refractivity contribution >= 4 is 0 Å². The number of ether oxygens (including phenoxy) is 1. The van der Waals surface area contributed by atoms with Gasteiger partial charge in [-0.3, -0.25) is 0 Å². The molecule has 0 N–H and O–H groups in total. The topological polar surface area (TPSA) is 9.23 Å². The van der Waals surface area contributed by atoms with Crippen LogP contribution in [0.2, 0.25) is 0 Å². The first kappa shape index (κ1) is 7.14. The Morgan fingerprint density at radius 3 is 3.17 bits per heavy atom. The second kappa shape index (κ2) is 2.14. The maximum absolute atomic E-state index is 5.58. The van der Waals surface area contributed by atoms with Gasteiger partial charge in [0.2, 0.25) is 0 Å². The molecule has 2 fully saturated rings. The van der Waals surface area contributed by atoms with E-state index in [1.54, 1.807) is 0 Å². The largest absolute Gasteiger partial charge is 0.380 e. The molecule has 0 aromatic carbocycles. The van der Waals surface area contributed by atoms with Gasteiger partial charge in [0.1, 0.15) is 0 Å². The summed E-state index contributed by atoms with van der Waals surface area (Å²) in [5, 5.41) is 0. The van der Waals surface area contributed by atoms with Gasteiger partial charge in [0, 0.05) is 5.41 Å². The van der Waals surface area contributed by atoms with Crippen LogP contribution in [-0.2, 0) is 4.74 Å². The van der Waals surface area contributed by atoms with E-state index in [2.05, 4.69) is 19.1 Å². The fraction of sp³-hybridized carbons (Fsp3) is 0.818. The SMILES string of the molecule is CCC[C@@H]1[C@H]2C=CC23COC[C@H]13. The van der Waals surface area contributed by atoms with Gasteiger partial charge in [-0.1, -0.05) is 25.5 Å². The predicted octanol–water partition coefficient (Wildman–Crippen LogP) is 2.24. The summed E-state index contributed by atoms with van der Waals surface area (Å²) in [4.78, 5) is 0.